The van der Waals surface area contributed by atoms with E-state index in [2.05, 4.69) is 31.2 Å². The van der Waals surface area contributed by atoms with E-state index in [1.807, 2.05) is 29.6 Å². The fourth-order valence-corrected chi connectivity index (χ4v) is 4.01. The summed E-state index contributed by atoms with van der Waals surface area (Å²) in [5.74, 6) is -0.666. The Balaban J connectivity index is 1.72. The van der Waals surface area contributed by atoms with E-state index in [0.29, 0.717) is 10.2 Å². The zero-order valence-electron chi connectivity index (χ0n) is 13.5. The molecule has 0 fully saturated rings. The summed E-state index contributed by atoms with van der Waals surface area (Å²) in [6, 6.07) is 11.9. The predicted octanol–water partition coefficient (Wildman–Crippen LogP) is 5.91. The lowest BCUT2D eigenvalue weighted by atomic mass is 10.1. The van der Waals surface area contributed by atoms with Crippen LogP contribution in [0.15, 0.2) is 58.5 Å². The Kier molecular flexibility index (Phi) is 4.54. The maximum absolute atomic E-state index is 13.7. The quantitative estimate of drug-likeness (QED) is 0.312. The Morgan fingerprint density at radius 3 is 2.85 bits per heavy atom. The molecule has 1 N–H and O–H groups in total. The van der Waals surface area contributed by atoms with Crippen LogP contribution in [0.5, 0.6) is 0 Å². The van der Waals surface area contributed by atoms with Crippen molar-refractivity contribution in [2.75, 3.05) is 5.32 Å². The zero-order chi connectivity index (χ0) is 19.0. The van der Waals surface area contributed by atoms with Crippen LogP contribution in [0.3, 0.4) is 0 Å². The summed E-state index contributed by atoms with van der Waals surface area (Å²) >= 11 is 4.82. The second-order valence-corrected chi connectivity index (χ2v) is 7.34. The van der Waals surface area contributed by atoms with Gasteiger partial charge in [0, 0.05) is 37.8 Å². The molecule has 2 aromatic carbocycles. The van der Waals surface area contributed by atoms with Gasteiger partial charge in [0.2, 0.25) is 11.8 Å². The van der Waals surface area contributed by atoms with Crippen molar-refractivity contribution in [1.82, 2.24) is 9.97 Å². The van der Waals surface area contributed by atoms with E-state index in [1.165, 1.54) is 0 Å². The summed E-state index contributed by atoms with van der Waals surface area (Å²) in [5, 5.41) is 17.0. The maximum Gasteiger partial charge on any atom is 0.306 e. The summed E-state index contributed by atoms with van der Waals surface area (Å²) in [5.41, 5.74) is 1.37. The van der Waals surface area contributed by atoms with Gasteiger partial charge < -0.3 is 5.32 Å². The van der Waals surface area contributed by atoms with Crippen LogP contribution >= 0.6 is 27.3 Å². The Labute approximate surface area is 165 Å². The average Bonchev–Trinajstić information content (AvgIpc) is 3.08. The minimum absolute atomic E-state index is 0.254. The van der Waals surface area contributed by atoms with Crippen LogP contribution in [0, 0.1) is 15.9 Å². The first-order valence-electron chi connectivity index (χ1n) is 7.73. The largest absolute Gasteiger partial charge is 0.323 e. The fraction of sp³-hybridized carbons (Fsp3) is 0. The standard InChI is InChI=1S/C18H10BrFN4O2S/c19-12-7-13(20)16(24(25)26)8-15(12)23-18-21-6-5-14(22-18)11-9-27-17-4-2-1-3-10(11)17/h1-9H,(H,21,22,23). The molecule has 0 unspecified atom stereocenters. The van der Waals surface area contributed by atoms with E-state index < -0.39 is 16.4 Å². The SMILES string of the molecule is O=[N+]([O-])c1cc(Nc2nccc(-c3csc4ccccc34)n2)c(Br)cc1F. The van der Waals surface area contributed by atoms with E-state index >= 15 is 0 Å². The van der Waals surface area contributed by atoms with Gasteiger partial charge in [-0.3, -0.25) is 10.1 Å². The van der Waals surface area contributed by atoms with Crippen molar-refractivity contribution in [2.24, 2.45) is 0 Å². The van der Waals surface area contributed by atoms with Gasteiger partial charge in [0.1, 0.15) is 0 Å². The molecule has 0 bridgehead atoms. The minimum Gasteiger partial charge on any atom is -0.323 e. The molecule has 0 amide bonds. The molecule has 27 heavy (non-hydrogen) atoms. The van der Waals surface area contributed by atoms with Crippen LogP contribution in [-0.2, 0) is 0 Å². The lowest BCUT2D eigenvalue weighted by Crippen LogP contribution is -2.01. The molecule has 2 aromatic heterocycles. The first-order chi connectivity index (χ1) is 13.0. The average molecular weight is 445 g/mol. The highest BCUT2D eigenvalue weighted by Crippen LogP contribution is 2.34. The number of thiophene rings is 1. The summed E-state index contributed by atoms with van der Waals surface area (Å²) < 4.78 is 15.2. The molecule has 134 valence electrons. The number of hydrogen-bond acceptors (Lipinski definition) is 6. The highest BCUT2D eigenvalue weighted by molar-refractivity contribution is 9.10. The molecule has 0 saturated heterocycles. The number of hydrogen-bond donors (Lipinski definition) is 1. The van der Waals surface area contributed by atoms with E-state index in [9.17, 15) is 14.5 Å². The zero-order valence-corrected chi connectivity index (χ0v) is 15.9. The second-order valence-electron chi connectivity index (χ2n) is 5.58. The number of rotatable bonds is 4. The van der Waals surface area contributed by atoms with E-state index in [4.69, 9.17) is 0 Å². The van der Waals surface area contributed by atoms with Crippen LogP contribution in [0.4, 0.5) is 21.7 Å². The van der Waals surface area contributed by atoms with Crippen molar-refractivity contribution in [3.8, 4) is 11.3 Å². The van der Waals surface area contributed by atoms with Crippen molar-refractivity contribution < 1.29 is 9.31 Å². The molecule has 6 nitrogen and oxygen atoms in total. The third kappa shape index (κ3) is 3.38. The van der Waals surface area contributed by atoms with Gasteiger partial charge >= 0.3 is 5.69 Å². The highest BCUT2D eigenvalue weighted by atomic mass is 79.9. The molecule has 0 radical (unpaired) electrons. The summed E-state index contributed by atoms with van der Waals surface area (Å²) in [6.45, 7) is 0. The van der Waals surface area contributed by atoms with Crippen LogP contribution in [0.1, 0.15) is 0 Å². The Morgan fingerprint density at radius 1 is 1.22 bits per heavy atom. The number of nitrogens with one attached hydrogen (secondary N) is 1. The lowest BCUT2D eigenvalue weighted by Gasteiger charge is -2.08. The number of nitro benzene ring substituents is 1. The molecule has 0 saturated carbocycles. The van der Waals surface area contributed by atoms with E-state index in [0.717, 1.165) is 33.5 Å². The van der Waals surface area contributed by atoms with Gasteiger partial charge in [-0.15, -0.1) is 11.3 Å². The normalized spacial score (nSPS) is 10.9. The van der Waals surface area contributed by atoms with Crippen molar-refractivity contribution in [3.05, 3.63) is 74.4 Å². The molecule has 9 heteroatoms. The Hall–Kier alpha value is -2.91. The van der Waals surface area contributed by atoms with Gasteiger partial charge in [-0.2, -0.15) is 4.39 Å². The van der Waals surface area contributed by atoms with E-state index in [1.54, 1.807) is 23.6 Å². The van der Waals surface area contributed by atoms with Crippen LogP contribution in [0.2, 0.25) is 0 Å². The molecule has 0 aliphatic rings. The number of halogens is 2. The van der Waals surface area contributed by atoms with Gasteiger partial charge in [0.25, 0.3) is 0 Å². The number of fused-ring (bicyclic) bond motifs is 1. The fourth-order valence-electron chi connectivity index (χ4n) is 2.64. The van der Waals surface area contributed by atoms with Crippen molar-refractivity contribution in [1.29, 1.82) is 0 Å². The molecular weight excluding hydrogens is 435 g/mol. The Bertz CT molecular complexity index is 1180. The topological polar surface area (TPSA) is 81.0 Å². The first kappa shape index (κ1) is 17.5. The molecule has 4 rings (SSSR count). The molecular formula is C18H10BrFN4O2S. The van der Waals surface area contributed by atoms with Crippen molar-refractivity contribution >= 4 is 54.7 Å². The smallest absolute Gasteiger partial charge is 0.306 e. The first-order valence-corrected chi connectivity index (χ1v) is 9.40. The van der Waals surface area contributed by atoms with Crippen molar-refractivity contribution in [3.63, 3.8) is 0 Å². The maximum atomic E-state index is 13.7. The van der Waals surface area contributed by atoms with Crippen LogP contribution in [-0.4, -0.2) is 14.9 Å². The predicted molar refractivity (Wildman–Crippen MR) is 107 cm³/mol. The molecule has 0 aliphatic carbocycles. The summed E-state index contributed by atoms with van der Waals surface area (Å²) in [7, 11) is 0. The van der Waals surface area contributed by atoms with E-state index in [-0.39, 0.29) is 5.95 Å². The monoisotopic (exact) mass is 444 g/mol. The number of nitrogens with zero attached hydrogens (tertiary/aromatic N) is 3. The molecule has 0 spiro atoms. The second kappa shape index (κ2) is 7.01. The van der Waals surface area contributed by atoms with Gasteiger partial charge in [0.05, 0.1) is 16.3 Å². The van der Waals surface area contributed by atoms with Crippen LogP contribution < -0.4 is 5.32 Å². The Morgan fingerprint density at radius 2 is 2.04 bits per heavy atom. The molecule has 0 aliphatic heterocycles. The van der Waals surface area contributed by atoms with Crippen molar-refractivity contribution in [2.45, 2.75) is 0 Å². The molecule has 0 atom stereocenters. The van der Waals surface area contributed by atoms with Gasteiger partial charge in [-0.05, 0) is 34.1 Å². The molecule has 2 heterocycles. The van der Waals surface area contributed by atoms with Gasteiger partial charge in [-0.25, -0.2) is 9.97 Å². The van der Waals surface area contributed by atoms with Gasteiger partial charge in [-0.1, -0.05) is 18.2 Å². The third-order valence-corrected chi connectivity index (χ3v) is 5.51. The molecule has 4 aromatic rings. The number of aromatic nitrogens is 2. The minimum atomic E-state index is -0.920. The summed E-state index contributed by atoms with van der Waals surface area (Å²) in [6.07, 6.45) is 1.60. The number of nitro groups is 1. The highest BCUT2D eigenvalue weighted by Gasteiger charge is 2.18. The van der Waals surface area contributed by atoms with Crippen LogP contribution in [0.25, 0.3) is 21.3 Å². The lowest BCUT2D eigenvalue weighted by molar-refractivity contribution is -0.387. The third-order valence-electron chi connectivity index (χ3n) is 3.89. The van der Waals surface area contributed by atoms with Gasteiger partial charge in [0.15, 0.2) is 0 Å². The number of anilines is 2. The number of benzene rings is 2. The summed E-state index contributed by atoms with van der Waals surface area (Å²) in [4.78, 5) is 18.8.